The van der Waals surface area contributed by atoms with Crippen molar-refractivity contribution in [2.24, 2.45) is 0 Å². The molecule has 0 aliphatic heterocycles. The van der Waals surface area contributed by atoms with Gasteiger partial charge in [-0.05, 0) is 31.7 Å². The predicted octanol–water partition coefficient (Wildman–Crippen LogP) is 2.93. The van der Waals surface area contributed by atoms with Gasteiger partial charge in [0.2, 0.25) is 0 Å². The number of aromatic nitrogens is 2. The summed E-state index contributed by atoms with van der Waals surface area (Å²) in [5, 5.41) is 3.32. The fourth-order valence-electron chi connectivity index (χ4n) is 1.88. The summed E-state index contributed by atoms with van der Waals surface area (Å²) in [4.78, 5) is 4.65. The van der Waals surface area contributed by atoms with E-state index in [9.17, 15) is 0 Å². The Morgan fingerprint density at radius 1 is 1.38 bits per heavy atom. The lowest BCUT2D eigenvalue weighted by Gasteiger charge is -2.05. The highest BCUT2D eigenvalue weighted by Gasteiger charge is 2.08. The van der Waals surface area contributed by atoms with Gasteiger partial charge in [0.05, 0.1) is 17.6 Å². The molecule has 1 aromatic heterocycles. The van der Waals surface area contributed by atoms with Crippen molar-refractivity contribution < 1.29 is 0 Å². The molecular weight excluding hydrogens is 266 g/mol. The Balaban J connectivity index is 2.48. The second kappa shape index (κ2) is 4.97. The first kappa shape index (κ1) is 11.6. The molecule has 86 valence electrons. The fraction of sp³-hybridized carbons (Fsp3) is 0.417. The van der Waals surface area contributed by atoms with Gasteiger partial charge in [-0.25, -0.2) is 4.98 Å². The summed E-state index contributed by atoms with van der Waals surface area (Å²) in [6, 6.07) is 6.25. The maximum Gasteiger partial charge on any atom is 0.123 e. The minimum Gasteiger partial charge on any atom is -0.327 e. The van der Waals surface area contributed by atoms with Crippen molar-refractivity contribution in [3.63, 3.8) is 0 Å². The second-order valence-electron chi connectivity index (χ2n) is 3.69. The summed E-state index contributed by atoms with van der Waals surface area (Å²) in [5.41, 5.74) is 2.27. The average Bonchev–Trinajstić information content (AvgIpc) is 2.62. The number of fused-ring (bicyclic) bond motifs is 1. The van der Waals surface area contributed by atoms with E-state index in [2.05, 4.69) is 62.8 Å². The Labute approximate surface area is 104 Å². The molecule has 2 aromatic rings. The number of rotatable bonds is 4. The largest absolute Gasteiger partial charge is 0.327 e. The van der Waals surface area contributed by atoms with Crippen molar-refractivity contribution in [2.75, 3.05) is 6.54 Å². The molecule has 0 spiro atoms. The summed E-state index contributed by atoms with van der Waals surface area (Å²) in [5.74, 6) is 1.11. The Morgan fingerprint density at radius 3 is 2.88 bits per heavy atom. The molecule has 1 N–H and O–H groups in total. The maximum atomic E-state index is 4.65. The number of nitrogens with zero attached hydrogens (tertiary/aromatic N) is 2. The molecule has 0 amide bonds. The number of aryl methyl sites for hydroxylation is 1. The zero-order chi connectivity index (χ0) is 11.5. The van der Waals surface area contributed by atoms with Crippen LogP contribution >= 0.6 is 15.9 Å². The number of imidazole rings is 1. The van der Waals surface area contributed by atoms with Crippen LogP contribution in [0.1, 0.15) is 19.7 Å². The van der Waals surface area contributed by atoms with E-state index >= 15 is 0 Å². The van der Waals surface area contributed by atoms with Gasteiger partial charge >= 0.3 is 0 Å². The van der Waals surface area contributed by atoms with Gasteiger partial charge < -0.3 is 9.88 Å². The molecule has 3 nitrogen and oxygen atoms in total. The second-order valence-corrected chi connectivity index (χ2v) is 4.60. The first-order chi connectivity index (χ1) is 7.76. The Morgan fingerprint density at radius 2 is 2.19 bits per heavy atom. The third kappa shape index (κ3) is 2.13. The van der Waals surface area contributed by atoms with Crippen LogP contribution in [-0.2, 0) is 13.1 Å². The highest BCUT2D eigenvalue weighted by Crippen LogP contribution is 2.20. The minimum atomic E-state index is 0.830. The van der Waals surface area contributed by atoms with Crippen molar-refractivity contribution >= 4 is 27.0 Å². The van der Waals surface area contributed by atoms with Crippen molar-refractivity contribution in [2.45, 2.75) is 26.9 Å². The van der Waals surface area contributed by atoms with Gasteiger partial charge in [-0.3, -0.25) is 0 Å². The molecule has 0 atom stereocenters. The highest BCUT2D eigenvalue weighted by atomic mass is 79.9. The van der Waals surface area contributed by atoms with Crippen LogP contribution in [0, 0.1) is 0 Å². The standard InChI is InChI=1S/C12H16BrN3/c1-3-14-8-12-15-10-7-9(13)5-6-11(10)16(12)4-2/h5-7,14H,3-4,8H2,1-2H3. The van der Waals surface area contributed by atoms with Gasteiger partial charge in [-0.15, -0.1) is 0 Å². The van der Waals surface area contributed by atoms with Crippen LogP contribution in [0.5, 0.6) is 0 Å². The first-order valence-electron chi connectivity index (χ1n) is 5.61. The van der Waals surface area contributed by atoms with Gasteiger partial charge in [-0.1, -0.05) is 22.9 Å². The molecule has 0 saturated carbocycles. The fourth-order valence-corrected chi connectivity index (χ4v) is 2.23. The van der Waals surface area contributed by atoms with E-state index in [1.54, 1.807) is 0 Å². The van der Waals surface area contributed by atoms with Gasteiger partial charge in [-0.2, -0.15) is 0 Å². The monoisotopic (exact) mass is 281 g/mol. The summed E-state index contributed by atoms with van der Waals surface area (Å²) in [6.07, 6.45) is 0. The van der Waals surface area contributed by atoms with Crippen LogP contribution in [-0.4, -0.2) is 16.1 Å². The lowest BCUT2D eigenvalue weighted by atomic mass is 10.3. The average molecular weight is 282 g/mol. The van der Waals surface area contributed by atoms with Gasteiger partial charge in [0.15, 0.2) is 0 Å². The molecule has 1 heterocycles. The Hall–Kier alpha value is -0.870. The third-order valence-electron chi connectivity index (χ3n) is 2.64. The summed E-state index contributed by atoms with van der Waals surface area (Å²) >= 11 is 3.48. The molecule has 16 heavy (non-hydrogen) atoms. The Bertz CT molecular complexity index is 490. The van der Waals surface area contributed by atoms with Crippen molar-refractivity contribution in [3.8, 4) is 0 Å². The van der Waals surface area contributed by atoms with Gasteiger partial charge in [0.1, 0.15) is 5.82 Å². The first-order valence-corrected chi connectivity index (χ1v) is 6.41. The number of hydrogen-bond acceptors (Lipinski definition) is 2. The molecular formula is C12H16BrN3. The SMILES string of the molecule is CCNCc1nc2cc(Br)ccc2n1CC. The van der Waals surface area contributed by atoms with Crippen LogP contribution in [0.15, 0.2) is 22.7 Å². The molecule has 4 heteroatoms. The highest BCUT2D eigenvalue weighted by molar-refractivity contribution is 9.10. The third-order valence-corrected chi connectivity index (χ3v) is 3.13. The van der Waals surface area contributed by atoms with Crippen LogP contribution in [0.25, 0.3) is 11.0 Å². The molecule has 2 rings (SSSR count). The van der Waals surface area contributed by atoms with Crippen LogP contribution in [0.4, 0.5) is 0 Å². The van der Waals surface area contributed by atoms with Gasteiger partial charge in [0.25, 0.3) is 0 Å². The molecule has 0 fully saturated rings. The van der Waals surface area contributed by atoms with Crippen molar-refractivity contribution in [1.29, 1.82) is 0 Å². The van der Waals surface area contributed by atoms with E-state index in [4.69, 9.17) is 0 Å². The van der Waals surface area contributed by atoms with Crippen molar-refractivity contribution in [1.82, 2.24) is 14.9 Å². The van der Waals surface area contributed by atoms with E-state index in [0.717, 1.165) is 35.4 Å². The summed E-state index contributed by atoms with van der Waals surface area (Å²) in [7, 11) is 0. The number of hydrogen-bond donors (Lipinski definition) is 1. The maximum absolute atomic E-state index is 4.65. The van der Waals surface area contributed by atoms with E-state index in [1.165, 1.54) is 5.52 Å². The van der Waals surface area contributed by atoms with Gasteiger partial charge in [0, 0.05) is 11.0 Å². The van der Waals surface area contributed by atoms with E-state index in [1.807, 2.05) is 0 Å². The molecule has 1 aromatic carbocycles. The number of nitrogens with one attached hydrogen (secondary N) is 1. The number of benzene rings is 1. The lowest BCUT2D eigenvalue weighted by molar-refractivity contribution is 0.638. The van der Waals surface area contributed by atoms with Crippen LogP contribution in [0.3, 0.4) is 0 Å². The molecule has 0 bridgehead atoms. The van der Waals surface area contributed by atoms with Crippen molar-refractivity contribution in [3.05, 3.63) is 28.5 Å². The van der Waals surface area contributed by atoms with Crippen LogP contribution in [0.2, 0.25) is 0 Å². The lowest BCUT2D eigenvalue weighted by Crippen LogP contribution is -2.16. The van der Waals surface area contributed by atoms with E-state index in [0.29, 0.717) is 0 Å². The van der Waals surface area contributed by atoms with E-state index in [-0.39, 0.29) is 0 Å². The molecule has 0 aliphatic carbocycles. The number of halogens is 1. The topological polar surface area (TPSA) is 29.9 Å². The molecule has 0 unspecified atom stereocenters. The van der Waals surface area contributed by atoms with E-state index < -0.39 is 0 Å². The zero-order valence-corrected chi connectivity index (χ0v) is 11.2. The predicted molar refractivity (Wildman–Crippen MR) is 70.5 cm³/mol. The summed E-state index contributed by atoms with van der Waals surface area (Å²) < 4.78 is 3.33. The smallest absolute Gasteiger partial charge is 0.123 e. The molecule has 0 saturated heterocycles. The zero-order valence-electron chi connectivity index (χ0n) is 9.63. The quantitative estimate of drug-likeness (QED) is 0.934. The minimum absolute atomic E-state index is 0.830. The normalized spacial score (nSPS) is 11.2. The molecule has 0 aliphatic rings. The molecule has 0 radical (unpaired) electrons. The Kier molecular flexibility index (Phi) is 3.61. The van der Waals surface area contributed by atoms with Crippen LogP contribution < -0.4 is 5.32 Å². The summed E-state index contributed by atoms with van der Waals surface area (Å²) in [6.45, 7) is 7.01.